The molecule has 1 N–H and O–H groups in total. The van der Waals surface area contributed by atoms with Crippen molar-refractivity contribution in [2.24, 2.45) is 0 Å². The lowest BCUT2D eigenvalue weighted by Gasteiger charge is -2.25. The summed E-state index contributed by atoms with van der Waals surface area (Å²) in [6, 6.07) is 23.6. The van der Waals surface area contributed by atoms with Crippen LogP contribution in [0.4, 0.5) is 5.69 Å². The second-order valence-electron chi connectivity index (χ2n) is 8.72. The van der Waals surface area contributed by atoms with Crippen LogP contribution >= 0.6 is 0 Å². The van der Waals surface area contributed by atoms with Crippen LogP contribution in [0.2, 0.25) is 0 Å². The molecule has 2 heterocycles. The van der Waals surface area contributed by atoms with Gasteiger partial charge >= 0.3 is 0 Å². The van der Waals surface area contributed by atoms with E-state index >= 15 is 0 Å². The van der Waals surface area contributed by atoms with Gasteiger partial charge in [0.25, 0.3) is 11.7 Å². The molecule has 1 unspecified atom stereocenters. The van der Waals surface area contributed by atoms with E-state index in [-0.39, 0.29) is 11.3 Å². The van der Waals surface area contributed by atoms with E-state index in [0.717, 1.165) is 16.3 Å². The molecule has 0 aliphatic carbocycles. The Morgan fingerprint density at radius 2 is 1.56 bits per heavy atom. The van der Waals surface area contributed by atoms with Crippen LogP contribution in [-0.2, 0) is 9.59 Å². The lowest BCUT2D eigenvalue weighted by molar-refractivity contribution is -0.132. The zero-order chi connectivity index (χ0) is 23.8. The van der Waals surface area contributed by atoms with Crippen molar-refractivity contribution in [1.82, 2.24) is 4.98 Å². The zero-order valence-electron chi connectivity index (χ0n) is 19.0. The van der Waals surface area contributed by atoms with Crippen molar-refractivity contribution in [1.29, 1.82) is 0 Å². The van der Waals surface area contributed by atoms with Crippen molar-refractivity contribution < 1.29 is 14.7 Å². The van der Waals surface area contributed by atoms with Gasteiger partial charge in [0.05, 0.1) is 11.6 Å². The molecule has 1 saturated heterocycles. The van der Waals surface area contributed by atoms with Crippen LogP contribution < -0.4 is 4.90 Å². The van der Waals surface area contributed by atoms with Gasteiger partial charge in [0.2, 0.25) is 0 Å². The first-order chi connectivity index (χ1) is 16.5. The third kappa shape index (κ3) is 3.55. The highest BCUT2D eigenvalue weighted by Crippen LogP contribution is 2.43. The van der Waals surface area contributed by atoms with Gasteiger partial charge < -0.3 is 5.11 Å². The van der Waals surface area contributed by atoms with Gasteiger partial charge in [-0.05, 0) is 52.1 Å². The Bertz CT molecular complexity index is 1420. The standard InChI is InChI=1S/C29H24N2O3/c1-18(2)19-10-12-22(13-11-19)31-26(21-14-16-30-17-15-21)25(28(33)29(31)34)27(32)24-9-5-7-20-6-3-4-8-23(20)24/h3-18,26,32H,1-2H3/b27-25-. The van der Waals surface area contributed by atoms with Crippen molar-refractivity contribution >= 4 is 33.9 Å². The van der Waals surface area contributed by atoms with Gasteiger partial charge in [0, 0.05) is 23.6 Å². The molecule has 168 valence electrons. The third-order valence-corrected chi connectivity index (χ3v) is 6.35. The molecule has 34 heavy (non-hydrogen) atoms. The number of carbonyl (C=O) groups excluding carboxylic acids is 2. The minimum atomic E-state index is -0.771. The topological polar surface area (TPSA) is 70.5 Å². The number of ketones is 1. The first kappa shape index (κ1) is 21.6. The number of benzene rings is 3. The van der Waals surface area contributed by atoms with E-state index < -0.39 is 17.7 Å². The third-order valence-electron chi connectivity index (χ3n) is 6.35. The van der Waals surface area contributed by atoms with E-state index in [9.17, 15) is 14.7 Å². The van der Waals surface area contributed by atoms with Gasteiger partial charge in [-0.3, -0.25) is 19.5 Å². The Balaban J connectivity index is 1.73. The summed E-state index contributed by atoms with van der Waals surface area (Å²) in [5.41, 5.74) is 3.02. The SMILES string of the molecule is CC(C)c1ccc(N2C(=O)C(=O)/C(=C(\O)c3cccc4ccccc34)C2c2ccncc2)cc1. The fraction of sp³-hybridized carbons (Fsp3) is 0.138. The number of Topliss-reactive ketones (excluding diaryl/α,β-unsaturated/α-hetero) is 1. The van der Waals surface area contributed by atoms with Crippen LogP contribution in [0.3, 0.4) is 0 Å². The second kappa shape index (κ2) is 8.60. The Morgan fingerprint density at radius 1 is 0.882 bits per heavy atom. The minimum Gasteiger partial charge on any atom is -0.507 e. The molecule has 5 heteroatoms. The molecule has 0 bridgehead atoms. The van der Waals surface area contributed by atoms with Gasteiger partial charge in [-0.1, -0.05) is 68.4 Å². The quantitative estimate of drug-likeness (QED) is 0.237. The van der Waals surface area contributed by atoms with Crippen molar-refractivity contribution in [3.8, 4) is 0 Å². The molecule has 1 aliphatic heterocycles. The number of amides is 1. The van der Waals surface area contributed by atoms with Crippen LogP contribution in [0, 0.1) is 0 Å². The molecule has 4 aromatic rings. The van der Waals surface area contributed by atoms with E-state index in [0.29, 0.717) is 22.7 Å². The predicted octanol–water partition coefficient (Wildman–Crippen LogP) is 5.98. The summed E-state index contributed by atoms with van der Waals surface area (Å²) in [6.07, 6.45) is 3.24. The number of hydrogen-bond acceptors (Lipinski definition) is 4. The highest BCUT2D eigenvalue weighted by atomic mass is 16.3. The van der Waals surface area contributed by atoms with Crippen LogP contribution in [0.15, 0.2) is 96.8 Å². The minimum absolute atomic E-state index is 0.0699. The molecule has 1 fully saturated rings. The fourth-order valence-corrected chi connectivity index (χ4v) is 4.56. The van der Waals surface area contributed by atoms with Gasteiger partial charge in [0.15, 0.2) is 0 Å². The Labute approximate surface area is 198 Å². The van der Waals surface area contributed by atoms with E-state index in [1.54, 1.807) is 30.6 Å². The molecule has 3 aromatic carbocycles. The Hall–Kier alpha value is -4.25. The summed E-state index contributed by atoms with van der Waals surface area (Å²) in [4.78, 5) is 32.3. The van der Waals surface area contributed by atoms with Gasteiger partial charge in [-0.25, -0.2) is 0 Å². The van der Waals surface area contributed by atoms with Crippen molar-refractivity contribution in [2.45, 2.75) is 25.8 Å². The molecule has 1 aliphatic rings. The highest BCUT2D eigenvalue weighted by molar-refractivity contribution is 6.51. The number of aromatic nitrogens is 1. The number of fused-ring (bicyclic) bond motifs is 1. The molecule has 1 atom stereocenters. The molecule has 5 nitrogen and oxygen atoms in total. The molecule has 0 spiro atoms. The summed E-state index contributed by atoms with van der Waals surface area (Å²) in [5, 5.41) is 13.2. The van der Waals surface area contributed by atoms with Crippen LogP contribution in [0.1, 0.15) is 42.5 Å². The Morgan fingerprint density at radius 3 is 2.26 bits per heavy atom. The maximum absolute atomic E-state index is 13.4. The molecule has 1 amide bonds. The summed E-state index contributed by atoms with van der Waals surface area (Å²) >= 11 is 0. The monoisotopic (exact) mass is 448 g/mol. The average molecular weight is 449 g/mol. The number of anilines is 1. The maximum Gasteiger partial charge on any atom is 0.300 e. The van der Waals surface area contributed by atoms with Gasteiger partial charge in [0.1, 0.15) is 5.76 Å². The summed E-state index contributed by atoms with van der Waals surface area (Å²) < 4.78 is 0. The van der Waals surface area contributed by atoms with Crippen molar-refractivity contribution in [3.05, 3.63) is 114 Å². The van der Waals surface area contributed by atoms with Crippen molar-refractivity contribution in [2.75, 3.05) is 4.90 Å². The van der Waals surface area contributed by atoms with E-state index in [2.05, 4.69) is 18.8 Å². The Kier molecular flexibility index (Phi) is 5.46. The number of aliphatic hydroxyl groups is 1. The van der Waals surface area contributed by atoms with Crippen molar-refractivity contribution in [3.63, 3.8) is 0 Å². The molecule has 0 radical (unpaired) electrons. The van der Waals surface area contributed by atoms with Crippen LogP contribution in [0.5, 0.6) is 0 Å². The average Bonchev–Trinajstić information content (AvgIpc) is 3.14. The van der Waals surface area contributed by atoms with E-state index in [1.165, 1.54) is 4.90 Å². The number of pyridine rings is 1. The largest absolute Gasteiger partial charge is 0.507 e. The highest BCUT2D eigenvalue weighted by Gasteiger charge is 2.47. The normalized spacial score (nSPS) is 17.6. The summed E-state index contributed by atoms with van der Waals surface area (Å²) in [6.45, 7) is 4.20. The smallest absolute Gasteiger partial charge is 0.300 e. The fourth-order valence-electron chi connectivity index (χ4n) is 4.56. The zero-order valence-corrected chi connectivity index (χ0v) is 19.0. The van der Waals surface area contributed by atoms with E-state index in [1.807, 2.05) is 60.7 Å². The number of nitrogens with zero attached hydrogens (tertiary/aromatic N) is 2. The second-order valence-corrected chi connectivity index (χ2v) is 8.72. The summed E-state index contributed by atoms with van der Waals surface area (Å²) in [7, 11) is 0. The number of rotatable bonds is 4. The lowest BCUT2D eigenvalue weighted by atomic mass is 9.93. The van der Waals surface area contributed by atoms with Gasteiger partial charge in [-0.2, -0.15) is 0 Å². The van der Waals surface area contributed by atoms with Gasteiger partial charge in [-0.15, -0.1) is 0 Å². The maximum atomic E-state index is 13.4. The molecular weight excluding hydrogens is 424 g/mol. The van der Waals surface area contributed by atoms with Crippen LogP contribution in [-0.4, -0.2) is 21.8 Å². The van der Waals surface area contributed by atoms with E-state index in [4.69, 9.17) is 0 Å². The molecule has 0 saturated carbocycles. The first-order valence-electron chi connectivity index (χ1n) is 11.3. The first-order valence-corrected chi connectivity index (χ1v) is 11.3. The number of carbonyl (C=O) groups is 2. The predicted molar refractivity (Wildman–Crippen MR) is 133 cm³/mol. The molecule has 5 rings (SSSR count). The molecule has 1 aromatic heterocycles. The molecular formula is C29H24N2O3. The number of aliphatic hydroxyl groups excluding tert-OH is 1. The lowest BCUT2D eigenvalue weighted by Crippen LogP contribution is -2.29. The summed E-state index contributed by atoms with van der Waals surface area (Å²) in [5.74, 6) is -1.22. The number of hydrogen-bond donors (Lipinski definition) is 1. The van der Waals surface area contributed by atoms with Crippen LogP contribution in [0.25, 0.3) is 16.5 Å².